The van der Waals surface area contributed by atoms with Gasteiger partial charge >= 0.3 is 0 Å². The van der Waals surface area contributed by atoms with Crippen LogP contribution in [0.25, 0.3) is 0 Å². The van der Waals surface area contributed by atoms with Gasteiger partial charge in [0.05, 0.1) is 25.8 Å². The van der Waals surface area contributed by atoms with Crippen LogP contribution in [0.4, 0.5) is 0 Å². The predicted molar refractivity (Wildman–Crippen MR) is 113 cm³/mol. The Bertz CT molecular complexity index is 750. The lowest BCUT2D eigenvalue weighted by molar-refractivity contribution is -0.140. The molecule has 0 aromatic heterocycles. The number of aliphatic hydroxyl groups excluding tert-OH is 1. The molecule has 0 spiro atoms. The molecular weight excluding hydrogens is 423 g/mol. The molecule has 0 saturated carbocycles. The molecule has 1 unspecified atom stereocenters. The molecule has 1 aromatic rings. The minimum atomic E-state index is -1.55. The van der Waals surface area contributed by atoms with Crippen LogP contribution in [0.3, 0.4) is 0 Å². The number of hydrogen-bond acceptors (Lipinski definition) is 4. The zero-order valence-corrected chi connectivity index (χ0v) is 18.7. The lowest BCUT2D eigenvalue weighted by Crippen LogP contribution is -2.44. The highest BCUT2D eigenvalue weighted by Gasteiger charge is 2.37. The number of nitrogens with two attached hydrogens (primary N) is 1. The van der Waals surface area contributed by atoms with Crippen molar-refractivity contribution in [1.29, 1.82) is 0 Å². The van der Waals surface area contributed by atoms with E-state index in [1.54, 1.807) is 11.0 Å². The van der Waals surface area contributed by atoms with Crippen molar-refractivity contribution in [3.63, 3.8) is 0 Å². The fourth-order valence-electron chi connectivity index (χ4n) is 3.78. The van der Waals surface area contributed by atoms with Crippen LogP contribution >= 0.6 is 23.2 Å². The van der Waals surface area contributed by atoms with Gasteiger partial charge in [-0.15, -0.1) is 0 Å². The van der Waals surface area contributed by atoms with Gasteiger partial charge in [-0.25, -0.2) is 4.21 Å². The van der Waals surface area contributed by atoms with E-state index < -0.39 is 21.8 Å². The highest BCUT2D eigenvalue weighted by molar-refractivity contribution is 7.84. The zero-order valence-electron chi connectivity index (χ0n) is 16.3. The molecule has 0 aliphatic carbocycles. The first-order valence-electron chi connectivity index (χ1n) is 9.25. The number of carbonyl (C=O) groups is 1. The van der Waals surface area contributed by atoms with E-state index in [-0.39, 0.29) is 28.5 Å². The van der Waals surface area contributed by atoms with Crippen LogP contribution in [0.2, 0.25) is 10.0 Å². The maximum atomic E-state index is 12.0. The molecule has 0 bridgehead atoms. The van der Waals surface area contributed by atoms with Crippen LogP contribution in [0.1, 0.15) is 51.5 Å². The number of rotatable bonds is 6. The Morgan fingerprint density at radius 2 is 1.86 bits per heavy atom. The summed E-state index contributed by atoms with van der Waals surface area (Å²) in [4.78, 5) is 13.7. The van der Waals surface area contributed by atoms with Gasteiger partial charge in [0.1, 0.15) is 11.9 Å². The van der Waals surface area contributed by atoms with E-state index in [4.69, 9.17) is 28.3 Å². The molecular formula is C19H28Cl2N2O4S. The molecule has 1 fully saturated rings. The third kappa shape index (κ3) is 5.39. The van der Waals surface area contributed by atoms with Gasteiger partial charge in [0, 0.05) is 19.2 Å². The largest absolute Gasteiger partial charge is 0.508 e. The third-order valence-corrected chi connectivity index (χ3v) is 7.48. The third-order valence-electron chi connectivity index (χ3n) is 5.50. The average molecular weight is 451 g/mol. The first-order valence-corrected chi connectivity index (χ1v) is 11.2. The van der Waals surface area contributed by atoms with Gasteiger partial charge in [0.15, 0.2) is 0 Å². The lowest BCUT2D eigenvalue weighted by Gasteiger charge is -2.39. The highest BCUT2D eigenvalue weighted by Crippen LogP contribution is 2.44. The first-order chi connectivity index (χ1) is 12.9. The minimum Gasteiger partial charge on any atom is -0.508 e. The van der Waals surface area contributed by atoms with Gasteiger partial charge in [-0.1, -0.05) is 23.2 Å². The molecule has 1 aliphatic rings. The van der Waals surface area contributed by atoms with Gasteiger partial charge in [0.25, 0.3) is 5.91 Å². The maximum absolute atomic E-state index is 12.0. The molecule has 3 atom stereocenters. The van der Waals surface area contributed by atoms with Crippen LogP contribution in [-0.4, -0.2) is 49.2 Å². The minimum absolute atomic E-state index is 0.0421. The number of nitrogens with zero attached hydrogens (tertiary/aromatic N) is 1. The van der Waals surface area contributed by atoms with Crippen LogP contribution in [-0.2, 0) is 15.8 Å². The fourth-order valence-corrected chi connectivity index (χ4v) is 4.45. The molecule has 1 saturated heterocycles. The van der Waals surface area contributed by atoms with E-state index in [0.717, 1.165) is 0 Å². The number of amides is 1. The van der Waals surface area contributed by atoms with Crippen molar-refractivity contribution < 1.29 is 19.2 Å². The summed E-state index contributed by atoms with van der Waals surface area (Å²) in [7, 11) is -1.55. The van der Waals surface area contributed by atoms with Gasteiger partial charge in [-0.2, -0.15) is 0 Å². The monoisotopic (exact) mass is 450 g/mol. The Labute approximate surface area is 178 Å². The molecule has 2 rings (SSSR count). The number of hydrogen-bond donors (Lipinski definition) is 3. The second kappa shape index (κ2) is 9.30. The number of aromatic hydroxyl groups is 1. The number of piperidine rings is 1. The Morgan fingerprint density at radius 1 is 1.32 bits per heavy atom. The van der Waals surface area contributed by atoms with Gasteiger partial charge in [0.2, 0.25) is 0 Å². The Morgan fingerprint density at radius 3 is 2.36 bits per heavy atom. The molecule has 1 heterocycles. The van der Waals surface area contributed by atoms with Crippen molar-refractivity contribution in [1.82, 2.24) is 4.90 Å². The van der Waals surface area contributed by atoms with Crippen LogP contribution < -0.4 is 5.14 Å². The predicted octanol–water partition coefficient (Wildman–Crippen LogP) is 3.19. The van der Waals surface area contributed by atoms with Crippen molar-refractivity contribution in [3.05, 3.63) is 27.7 Å². The summed E-state index contributed by atoms with van der Waals surface area (Å²) in [6.45, 7) is 6.15. The maximum Gasteiger partial charge on any atom is 0.251 e. The number of phenols is 1. The SMILES string of the molecule is C[C@H](O)C(=O)N1CCC([C@@H](CC(C)(C)S(N)=O)c2cc(Cl)c(Cl)cc2O)CC1. The van der Waals surface area contributed by atoms with Crippen molar-refractivity contribution >= 4 is 40.1 Å². The smallest absolute Gasteiger partial charge is 0.251 e. The van der Waals surface area contributed by atoms with Crippen molar-refractivity contribution in [3.8, 4) is 5.75 Å². The summed E-state index contributed by atoms with van der Waals surface area (Å²) in [6.07, 6.45) is 0.841. The molecule has 1 aromatic carbocycles. The average Bonchev–Trinajstić information content (AvgIpc) is 2.62. The van der Waals surface area contributed by atoms with E-state index in [9.17, 15) is 19.2 Å². The standard InChI is InChI=1S/C19H28Cl2N2O4S/c1-11(24)18(26)23-6-4-12(5-7-23)14(10-19(2,3)28(22)27)13-8-15(20)16(21)9-17(13)25/h8-9,11-12,14,24-25H,4-7,10,22H2,1-3H3/t11-,14+,28?/m0/s1. The second-order valence-electron chi connectivity index (χ2n) is 8.03. The molecule has 0 radical (unpaired) electrons. The van der Waals surface area contributed by atoms with Crippen molar-refractivity contribution in [2.24, 2.45) is 11.1 Å². The molecule has 28 heavy (non-hydrogen) atoms. The summed E-state index contributed by atoms with van der Waals surface area (Å²) in [5.41, 5.74) is 0.647. The fraction of sp³-hybridized carbons (Fsp3) is 0.632. The number of aliphatic hydroxyl groups is 1. The van der Waals surface area contributed by atoms with E-state index in [0.29, 0.717) is 42.9 Å². The summed E-state index contributed by atoms with van der Waals surface area (Å²) >= 11 is 12.2. The molecule has 158 valence electrons. The summed E-state index contributed by atoms with van der Waals surface area (Å²) in [5.74, 6) is -0.263. The Balaban J connectivity index is 2.32. The first kappa shape index (κ1) is 23.4. The summed E-state index contributed by atoms with van der Waals surface area (Å²) in [6, 6.07) is 3.08. The zero-order chi connectivity index (χ0) is 21.2. The summed E-state index contributed by atoms with van der Waals surface area (Å²) < 4.78 is 11.4. The van der Waals surface area contributed by atoms with E-state index in [1.807, 2.05) is 13.8 Å². The van der Waals surface area contributed by atoms with Crippen LogP contribution in [0, 0.1) is 5.92 Å². The van der Waals surface area contributed by atoms with Crippen LogP contribution in [0.5, 0.6) is 5.75 Å². The van der Waals surface area contributed by atoms with Crippen molar-refractivity contribution in [2.45, 2.75) is 56.8 Å². The lowest BCUT2D eigenvalue weighted by atomic mass is 9.75. The number of halogens is 2. The normalized spacial score (nSPS) is 19.3. The number of phenolic OH excluding ortho intramolecular Hbond substituents is 1. The second-order valence-corrected chi connectivity index (χ2v) is 10.5. The number of likely N-dealkylation sites (tertiary alicyclic amines) is 1. The summed E-state index contributed by atoms with van der Waals surface area (Å²) in [5, 5.41) is 26.4. The molecule has 6 nitrogen and oxygen atoms in total. The van der Waals surface area contributed by atoms with Gasteiger partial charge < -0.3 is 15.1 Å². The Hall–Kier alpha value is -0.860. The number of benzene rings is 1. The molecule has 4 N–H and O–H groups in total. The highest BCUT2D eigenvalue weighted by atomic mass is 35.5. The van der Waals surface area contributed by atoms with Crippen LogP contribution in [0.15, 0.2) is 12.1 Å². The molecule has 1 aliphatic heterocycles. The topological polar surface area (TPSA) is 104 Å². The van der Waals surface area contributed by atoms with E-state index in [1.165, 1.54) is 13.0 Å². The quantitative estimate of drug-likeness (QED) is 0.618. The van der Waals surface area contributed by atoms with Crippen molar-refractivity contribution in [2.75, 3.05) is 13.1 Å². The molecule has 1 amide bonds. The number of carbonyl (C=O) groups excluding carboxylic acids is 1. The van der Waals surface area contributed by atoms with E-state index >= 15 is 0 Å². The van der Waals surface area contributed by atoms with Gasteiger partial charge in [-0.3, -0.25) is 9.93 Å². The van der Waals surface area contributed by atoms with E-state index in [2.05, 4.69) is 0 Å². The van der Waals surface area contributed by atoms with Gasteiger partial charge in [-0.05, 0) is 63.5 Å². The Kier molecular flexibility index (Phi) is 7.78. The molecule has 9 heteroatoms.